The molecule has 0 aliphatic carbocycles. The molecule has 0 aliphatic rings. The van der Waals surface area contributed by atoms with Gasteiger partial charge in [0.2, 0.25) is 11.7 Å². The molecule has 0 spiro atoms. The summed E-state index contributed by atoms with van der Waals surface area (Å²) in [5.74, 6) is 1.10. The topological polar surface area (TPSA) is 64.9 Å². The van der Waals surface area contributed by atoms with Gasteiger partial charge in [0.1, 0.15) is 0 Å². The molecule has 0 aliphatic heterocycles. The molecule has 94 valence electrons. The molecule has 2 N–H and O–H groups in total. The summed E-state index contributed by atoms with van der Waals surface area (Å²) in [5.41, 5.74) is 9.55. The van der Waals surface area contributed by atoms with E-state index in [1.807, 2.05) is 48.5 Å². The Hall–Kier alpha value is -2.62. The Bertz CT molecular complexity index is 704. The lowest BCUT2D eigenvalue weighted by atomic mass is 9.99. The Morgan fingerprint density at radius 2 is 1.79 bits per heavy atom. The molecule has 0 saturated carbocycles. The highest BCUT2D eigenvalue weighted by molar-refractivity contribution is 5.82. The van der Waals surface area contributed by atoms with Gasteiger partial charge in [0, 0.05) is 18.2 Å². The first-order valence-corrected chi connectivity index (χ1v) is 5.99. The second kappa shape index (κ2) is 4.57. The highest BCUT2D eigenvalue weighted by atomic mass is 16.5. The third kappa shape index (κ3) is 2.20. The molecule has 1 aromatic heterocycles. The molecule has 1 heterocycles. The number of rotatable bonds is 2. The van der Waals surface area contributed by atoms with E-state index in [0.717, 1.165) is 16.7 Å². The average Bonchev–Trinajstić information content (AvgIpc) is 2.86. The predicted octanol–water partition coefficient (Wildman–Crippen LogP) is 3.29. The smallest absolute Gasteiger partial charge is 0.223 e. The maximum atomic E-state index is 5.86. The van der Waals surface area contributed by atoms with E-state index in [-0.39, 0.29) is 0 Å². The minimum atomic E-state index is 0.538. The summed E-state index contributed by atoms with van der Waals surface area (Å²) in [4.78, 5) is 4.27. The SMILES string of the molecule is Cc1nc(-c2cc(N)ccc2-c2ccccc2)no1. The van der Waals surface area contributed by atoms with E-state index in [4.69, 9.17) is 10.3 Å². The van der Waals surface area contributed by atoms with Gasteiger partial charge >= 0.3 is 0 Å². The fourth-order valence-electron chi connectivity index (χ4n) is 2.02. The van der Waals surface area contributed by atoms with Crippen LogP contribution in [0.2, 0.25) is 0 Å². The molecule has 3 rings (SSSR count). The van der Waals surface area contributed by atoms with Crippen molar-refractivity contribution in [3.63, 3.8) is 0 Å². The molecule has 0 amide bonds. The first-order valence-electron chi connectivity index (χ1n) is 5.99. The standard InChI is InChI=1S/C15H13N3O/c1-10-17-15(18-19-10)14-9-12(16)7-8-13(14)11-5-3-2-4-6-11/h2-9H,16H2,1H3. The fourth-order valence-corrected chi connectivity index (χ4v) is 2.02. The summed E-state index contributed by atoms with van der Waals surface area (Å²) >= 11 is 0. The summed E-state index contributed by atoms with van der Waals surface area (Å²) in [6.45, 7) is 1.77. The molecule has 0 radical (unpaired) electrons. The van der Waals surface area contributed by atoms with Gasteiger partial charge in [-0.2, -0.15) is 4.98 Å². The molecular weight excluding hydrogens is 238 g/mol. The molecule has 0 fully saturated rings. The second-order valence-corrected chi connectivity index (χ2v) is 4.31. The fraction of sp³-hybridized carbons (Fsp3) is 0.0667. The van der Waals surface area contributed by atoms with Gasteiger partial charge in [-0.1, -0.05) is 41.6 Å². The Kier molecular flexibility index (Phi) is 2.76. The van der Waals surface area contributed by atoms with Crippen molar-refractivity contribution in [3.8, 4) is 22.5 Å². The minimum Gasteiger partial charge on any atom is -0.399 e. The Morgan fingerprint density at radius 1 is 1.00 bits per heavy atom. The molecule has 0 unspecified atom stereocenters. The number of hydrogen-bond donors (Lipinski definition) is 1. The molecule has 2 aromatic carbocycles. The Morgan fingerprint density at radius 3 is 2.47 bits per heavy atom. The minimum absolute atomic E-state index is 0.538. The lowest BCUT2D eigenvalue weighted by molar-refractivity contribution is 0.394. The van der Waals surface area contributed by atoms with E-state index in [2.05, 4.69) is 10.1 Å². The van der Waals surface area contributed by atoms with Gasteiger partial charge in [-0.3, -0.25) is 0 Å². The summed E-state index contributed by atoms with van der Waals surface area (Å²) < 4.78 is 5.05. The monoisotopic (exact) mass is 251 g/mol. The number of nitrogens with zero attached hydrogens (tertiary/aromatic N) is 2. The molecule has 0 atom stereocenters. The van der Waals surface area contributed by atoms with Gasteiger partial charge in [-0.15, -0.1) is 0 Å². The Balaban J connectivity index is 2.20. The van der Waals surface area contributed by atoms with E-state index < -0.39 is 0 Å². The molecule has 0 bridgehead atoms. The number of aryl methyl sites for hydroxylation is 1. The van der Waals surface area contributed by atoms with Crippen LogP contribution in [0.3, 0.4) is 0 Å². The lowest BCUT2D eigenvalue weighted by Gasteiger charge is -2.07. The number of anilines is 1. The van der Waals surface area contributed by atoms with Crippen molar-refractivity contribution in [2.75, 3.05) is 5.73 Å². The van der Waals surface area contributed by atoms with Crippen LogP contribution in [0.4, 0.5) is 5.69 Å². The van der Waals surface area contributed by atoms with E-state index in [9.17, 15) is 0 Å². The maximum absolute atomic E-state index is 5.86. The van der Waals surface area contributed by atoms with Gasteiger partial charge in [-0.25, -0.2) is 0 Å². The van der Waals surface area contributed by atoms with Gasteiger partial charge < -0.3 is 10.3 Å². The van der Waals surface area contributed by atoms with Crippen LogP contribution in [-0.4, -0.2) is 10.1 Å². The zero-order chi connectivity index (χ0) is 13.2. The second-order valence-electron chi connectivity index (χ2n) is 4.31. The van der Waals surface area contributed by atoms with Crippen LogP contribution in [0.5, 0.6) is 0 Å². The van der Waals surface area contributed by atoms with Crippen LogP contribution in [0.25, 0.3) is 22.5 Å². The van der Waals surface area contributed by atoms with Crippen molar-refractivity contribution in [2.24, 2.45) is 0 Å². The predicted molar refractivity (Wildman–Crippen MR) is 74.3 cm³/mol. The van der Waals surface area contributed by atoms with E-state index >= 15 is 0 Å². The van der Waals surface area contributed by atoms with Gasteiger partial charge in [0.25, 0.3) is 0 Å². The van der Waals surface area contributed by atoms with Crippen LogP contribution in [0, 0.1) is 6.92 Å². The number of nitrogen functional groups attached to an aromatic ring is 1. The summed E-state index contributed by atoms with van der Waals surface area (Å²) in [5, 5.41) is 3.97. The Labute approximate surface area is 110 Å². The van der Waals surface area contributed by atoms with Crippen molar-refractivity contribution in [1.29, 1.82) is 0 Å². The van der Waals surface area contributed by atoms with Gasteiger partial charge in [0.15, 0.2) is 0 Å². The number of aromatic nitrogens is 2. The quantitative estimate of drug-likeness (QED) is 0.710. The molecule has 4 heteroatoms. The first-order chi connectivity index (χ1) is 9.24. The van der Waals surface area contributed by atoms with Crippen molar-refractivity contribution < 1.29 is 4.52 Å². The van der Waals surface area contributed by atoms with Crippen LogP contribution in [-0.2, 0) is 0 Å². The van der Waals surface area contributed by atoms with Crippen LogP contribution < -0.4 is 5.73 Å². The molecule has 4 nitrogen and oxygen atoms in total. The summed E-state index contributed by atoms with van der Waals surface area (Å²) in [7, 11) is 0. The summed E-state index contributed by atoms with van der Waals surface area (Å²) in [6.07, 6.45) is 0. The lowest BCUT2D eigenvalue weighted by Crippen LogP contribution is -1.91. The highest BCUT2D eigenvalue weighted by Gasteiger charge is 2.12. The van der Waals surface area contributed by atoms with Crippen LogP contribution in [0.15, 0.2) is 53.1 Å². The van der Waals surface area contributed by atoms with Gasteiger partial charge in [-0.05, 0) is 23.3 Å². The van der Waals surface area contributed by atoms with Crippen molar-refractivity contribution in [3.05, 3.63) is 54.4 Å². The highest BCUT2D eigenvalue weighted by Crippen LogP contribution is 2.31. The third-order valence-corrected chi connectivity index (χ3v) is 2.90. The zero-order valence-electron chi connectivity index (χ0n) is 10.5. The van der Waals surface area contributed by atoms with Crippen LogP contribution in [0.1, 0.15) is 5.89 Å². The molecule has 19 heavy (non-hydrogen) atoms. The number of hydrogen-bond acceptors (Lipinski definition) is 4. The van der Waals surface area contributed by atoms with Crippen molar-refractivity contribution in [1.82, 2.24) is 10.1 Å². The first kappa shape index (κ1) is 11.5. The largest absolute Gasteiger partial charge is 0.399 e. The van der Waals surface area contributed by atoms with Crippen LogP contribution >= 0.6 is 0 Å². The number of benzene rings is 2. The third-order valence-electron chi connectivity index (χ3n) is 2.90. The van der Waals surface area contributed by atoms with E-state index in [0.29, 0.717) is 17.4 Å². The normalized spacial score (nSPS) is 10.6. The summed E-state index contributed by atoms with van der Waals surface area (Å²) in [6, 6.07) is 15.8. The number of nitrogens with two attached hydrogens (primary N) is 1. The zero-order valence-corrected chi connectivity index (χ0v) is 10.5. The maximum Gasteiger partial charge on any atom is 0.223 e. The van der Waals surface area contributed by atoms with Crippen molar-refractivity contribution in [2.45, 2.75) is 6.92 Å². The average molecular weight is 251 g/mol. The molecule has 0 saturated heterocycles. The molecule has 3 aromatic rings. The van der Waals surface area contributed by atoms with Gasteiger partial charge in [0.05, 0.1) is 0 Å². The van der Waals surface area contributed by atoms with Crippen molar-refractivity contribution >= 4 is 5.69 Å². The van der Waals surface area contributed by atoms with E-state index in [1.54, 1.807) is 6.92 Å². The van der Waals surface area contributed by atoms with E-state index in [1.165, 1.54) is 0 Å². The molecular formula is C15H13N3O.